The quantitative estimate of drug-likeness (QED) is 0.310. The van der Waals surface area contributed by atoms with Crippen LogP contribution in [-0.2, 0) is 13.8 Å². The molecule has 1 fully saturated rings. The smallest absolute Gasteiger partial charge is 0.387 e. The second-order valence-electron chi connectivity index (χ2n) is 5.19. The minimum Gasteiger partial charge on any atom is -0.387 e. The number of nitrogen functional groups attached to an aromatic ring is 1. The molecule has 2 aromatic heterocycles. The van der Waals surface area contributed by atoms with Crippen molar-refractivity contribution in [2.45, 2.75) is 24.5 Å². The number of fused-ring (bicyclic) bond motifs is 1. The first-order valence-corrected chi connectivity index (χ1v) is 8.22. The summed E-state index contributed by atoms with van der Waals surface area (Å²) in [6.07, 6.45) is -2.10. The zero-order valence-corrected chi connectivity index (χ0v) is 12.9. The highest BCUT2D eigenvalue weighted by molar-refractivity contribution is 7.46. The standard InChI is InChI=1S/C10H15N6O7P/c11-4-3(1-22-24(19,20)21)23-9(6(4)17)16-2-13-5-7(16)14-10(12)15-8(5)18/h2-4,6,9,17H,1,11H2,(H2,19,20,21)(H3,12,14,15,18)/t3-,4-,6-,9-/m1/s1. The molecule has 8 N–H and O–H groups in total. The molecule has 0 amide bonds. The highest BCUT2D eigenvalue weighted by Gasteiger charge is 2.44. The fourth-order valence-electron chi connectivity index (χ4n) is 2.44. The number of imidazole rings is 1. The van der Waals surface area contributed by atoms with Crippen molar-refractivity contribution in [3.05, 3.63) is 16.7 Å². The minimum atomic E-state index is -4.71. The first kappa shape index (κ1) is 17.0. The van der Waals surface area contributed by atoms with E-state index in [9.17, 15) is 14.5 Å². The number of aliphatic hydroxyl groups is 1. The van der Waals surface area contributed by atoms with Gasteiger partial charge in [0.05, 0.1) is 19.0 Å². The Labute approximate surface area is 133 Å². The number of nitrogens with two attached hydrogens (primary N) is 2. The van der Waals surface area contributed by atoms with Crippen molar-refractivity contribution in [1.82, 2.24) is 19.5 Å². The Morgan fingerprint density at radius 2 is 2.21 bits per heavy atom. The number of ether oxygens (including phenoxy) is 1. The minimum absolute atomic E-state index is 0.0107. The predicted molar refractivity (Wildman–Crippen MR) is 78.4 cm³/mol. The number of nitrogens with one attached hydrogen (secondary N) is 1. The van der Waals surface area contributed by atoms with Gasteiger partial charge in [0.25, 0.3) is 5.56 Å². The third kappa shape index (κ3) is 3.06. The predicted octanol–water partition coefficient (Wildman–Crippen LogP) is -2.60. The van der Waals surface area contributed by atoms with Gasteiger partial charge in [0.1, 0.15) is 12.2 Å². The molecule has 0 aliphatic carbocycles. The van der Waals surface area contributed by atoms with Gasteiger partial charge in [-0.25, -0.2) is 9.55 Å². The number of rotatable bonds is 4. The lowest BCUT2D eigenvalue weighted by Gasteiger charge is -2.16. The van der Waals surface area contributed by atoms with Crippen molar-refractivity contribution in [2.24, 2.45) is 5.73 Å². The first-order chi connectivity index (χ1) is 11.2. The number of anilines is 1. The second kappa shape index (κ2) is 5.89. The molecule has 1 aliphatic heterocycles. The van der Waals surface area contributed by atoms with Crippen molar-refractivity contribution in [3.63, 3.8) is 0 Å². The van der Waals surface area contributed by atoms with E-state index in [-0.39, 0.29) is 17.1 Å². The zero-order chi connectivity index (χ0) is 17.6. The molecule has 0 bridgehead atoms. The zero-order valence-electron chi connectivity index (χ0n) is 12.0. The molecule has 132 valence electrons. The molecule has 13 nitrogen and oxygen atoms in total. The van der Waals surface area contributed by atoms with Crippen LogP contribution >= 0.6 is 7.82 Å². The van der Waals surface area contributed by atoms with Gasteiger partial charge >= 0.3 is 7.82 Å². The summed E-state index contributed by atoms with van der Waals surface area (Å²) < 4.78 is 21.9. The molecule has 3 heterocycles. The van der Waals surface area contributed by atoms with E-state index >= 15 is 0 Å². The van der Waals surface area contributed by atoms with Gasteiger partial charge in [-0.1, -0.05) is 0 Å². The first-order valence-electron chi connectivity index (χ1n) is 6.69. The molecule has 0 spiro atoms. The Kier molecular flexibility index (Phi) is 4.17. The van der Waals surface area contributed by atoms with Crippen molar-refractivity contribution in [1.29, 1.82) is 0 Å². The van der Waals surface area contributed by atoms with E-state index in [1.807, 2.05) is 0 Å². The average Bonchev–Trinajstić information content (AvgIpc) is 3.00. The number of aromatic nitrogens is 4. The summed E-state index contributed by atoms with van der Waals surface area (Å²) in [7, 11) is -4.71. The number of H-pyrrole nitrogens is 1. The number of aliphatic hydroxyl groups excluding tert-OH is 1. The summed E-state index contributed by atoms with van der Waals surface area (Å²) >= 11 is 0. The number of aromatic amines is 1. The molecule has 14 heteroatoms. The van der Waals surface area contributed by atoms with Crippen LogP contribution in [0.2, 0.25) is 0 Å². The summed E-state index contributed by atoms with van der Waals surface area (Å²) in [4.78, 5) is 39.4. The van der Waals surface area contributed by atoms with Crippen molar-refractivity contribution < 1.29 is 28.7 Å². The Bertz CT molecular complexity index is 861. The molecule has 0 unspecified atom stereocenters. The third-order valence-electron chi connectivity index (χ3n) is 3.56. The maximum Gasteiger partial charge on any atom is 0.469 e. The maximum atomic E-state index is 11.8. The highest BCUT2D eigenvalue weighted by atomic mass is 31.2. The molecule has 3 rings (SSSR count). The number of hydrogen-bond acceptors (Lipinski definition) is 9. The van der Waals surface area contributed by atoms with E-state index in [0.29, 0.717) is 0 Å². The number of nitrogens with zero attached hydrogens (tertiary/aromatic N) is 3. The van der Waals surface area contributed by atoms with Crippen molar-refractivity contribution >= 4 is 24.9 Å². The average molecular weight is 362 g/mol. The van der Waals surface area contributed by atoms with E-state index < -0.39 is 44.5 Å². The van der Waals surface area contributed by atoms with E-state index in [0.717, 1.165) is 0 Å². The molecule has 0 aromatic carbocycles. The monoisotopic (exact) mass is 362 g/mol. The van der Waals surface area contributed by atoms with Crippen LogP contribution in [-0.4, -0.2) is 59.3 Å². The van der Waals surface area contributed by atoms with Crippen LogP contribution in [0.3, 0.4) is 0 Å². The van der Waals surface area contributed by atoms with Crippen LogP contribution in [0.25, 0.3) is 11.2 Å². The summed E-state index contributed by atoms with van der Waals surface area (Å²) in [5.74, 6) is -0.146. The third-order valence-corrected chi connectivity index (χ3v) is 4.05. The largest absolute Gasteiger partial charge is 0.469 e. The molecule has 1 saturated heterocycles. The van der Waals surface area contributed by atoms with E-state index in [2.05, 4.69) is 19.5 Å². The Morgan fingerprint density at radius 3 is 2.88 bits per heavy atom. The number of phosphoric acid groups is 1. The molecule has 0 saturated carbocycles. The van der Waals surface area contributed by atoms with E-state index in [1.54, 1.807) is 0 Å². The molecule has 1 aliphatic rings. The van der Waals surface area contributed by atoms with Gasteiger partial charge in [0.15, 0.2) is 17.4 Å². The lowest BCUT2D eigenvalue weighted by molar-refractivity contribution is -0.0483. The fourth-order valence-corrected chi connectivity index (χ4v) is 2.78. The van der Waals surface area contributed by atoms with Gasteiger partial charge in [0, 0.05) is 0 Å². The van der Waals surface area contributed by atoms with Gasteiger partial charge in [-0.3, -0.25) is 18.9 Å². The van der Waals surface area contributed by atoms with E-state index in [4.69, 9.17) is 26.0 Å². The highest BCUT2D eigenvalue weighted by Crippen LogP contribution is 2.38. The second-order valence-corrected chi connectivity index (χ2v) is 6.43. The Hall–Kier alpha value is -1.86. The van der Waals surface area contributed by atoms with Crippen molar-refractivity contribution in [3.8, 4) is 0 Å². The summed E-state index contributed by atoms with van der Waals surface area (Å²) in [5, 5.41) is 10.2. The normalized spacial score (nSPS) is 27.8. The van der Waals surface area contributed by atoms with Gasteiger partial charge in [-0.2, -0.15) is 4.98 Å². The van der Waals surface area contributed by atoms with Crippen LogP contribution in [0.4, 0.5) is 5.95 Å². The van der Waals surface area contributed by atoms with Crippen molar-refractivity contribution in [2.75, 3.05) is 12.3 Å². The van der Waals surface area contributed by atoms with Gasteiger partial charge in [-0.15, -0.1) is 0 Å². The van der Waals surface area contributed by atoms with E-state index in [1.165, 1.54) is 10.9 Å². The summed E-state index contributed by atoms with van der Waals surface area (Å²) in [6.45, 7) is -0.526. The Morgan fingerprint density at radius 1 is 1.50 bits per heavy atom. The van der Waals surface area contributed by atoms with Gasteiger partial charge in [-0.05, 0) is 0 Å². The summed E-state index contributed by atoms with van der Waals surface area (Å²) in [6, 6.07) is -0.988. The molecular formula is C10H15N6O7P. The van der Waals surface area contributed by atoms with Crippen LogP contribution < -0.4 is 17.0 Å². The fraction of sp³-hybridized carbons (Fsp3) is 0.500. The molecule has 2 aromatic rings. The molecule has 4 atom stereocenters. The molecule has 0 radical (unpaired) electrons. The van der Waals surface area contributed by atoms with Crippen LogP contribution in [0, 0.1) is 0 Å². The number of phosphoric ester groups is 1. The number of hydrogen-bond donors (Lipinski definition) is 6. The molecule has 24 heavy (non-hydrogen) atoms. The Balaban J connectivity index is 1.90. The van der Waals surface area contributed by atoms with Gasteiger partial charge < -0.3 is 31.1 Å². The van der Waals surface area contributed by atoms with Crippen LogP contribution in [0.15, 0.2) is 11.1 Å². The van der Waals surface area contributed by atoms with Crippen LogP contribution in [0.1, 0.15) is 6.23 Å². The SMILES string of the molecule is Nc1nc2c(ncn2[C@@H]2O[C@H](COP(=O)(O)O)[C@@H](N)[C@H]2O)c(=O)[nH]1. The lowest BCUT2D eigenvalue weighted by Crippen LogP contribution is -2.41. The van der Waals surface area contributed by atoms with Gasteiger partial charge in [0.2, 0.25) is 5.95 Å². The summed E-state index contributed by atoms with van der Waals surface area (Å²) in [5.41, 5.74) is 10.8. The maximum absolute atomic E-state index is 11.8. The molecular weight excluding hydrogens is 347 g/mol. The lowest BCUT2D eigenvalue weighted by atomic mass is 10.1. The topological polar surface area (TPSA) is 212 Å². The van der Waals surface area contributed by atoms with Crippen LogP contribution in [0.5, 0.6) is 0 Å².